The summed E-state index contributed by atoms with van der Waals surface area (Å²) in [5.74, 6) is 1.06. The Morgan fingerprint density at radius 1 is 1.12 bits per heavy atom. The number of fused-ring (bicyclic) bond motifs is 1. The number of para-hydroxylation sites is 1. The summed E-state index contributed by atoms with van der Waals surface area (Å²) >= 11 is 1.78. The number of hydrogen-bond donors (Lipinski definition) is 2. The first-order valence-corrected chi connectivity index (χ1v) is 12.0. The average molecular weight is 449 g/mol. The van der Waals surface area contributed by atoms with Crippen LogP contribution in [0.2, 0.25) is 0 Å². The van der Waals surface area contributed by atoms with Crippen LogP contribution in [0.3, 0.4) is 0 Å². The van der Waals surface area contributed by atoms with Gasteiger partial charge in [0.2, 0.25) is 5.95 Å². The van der Waals surface area contributed by atoms with Crippen LogP contribution in [0.5, 0.6) is 0 Å². The summed E-state index contributed by atoms with van der Waals surface area (Å²) in [5, 5.41) is 17.3. The van der Waals surface area contributed by atoms with E-state index in [1.165, 1.54) is 0 Å². The predicted molar refractivity (Wildman–Crippen MR) is 128 cm³/mol. The molecule has 1 saturated heterocycles. The van der Waals surface area contributed by atoms with Crippen molar-refractivity contribution in [1.82, 2.24) is 34.7 Å². The number of nitrogens with zero attached hydrogens (tertiary/aromatic N) is 6. The van der Waals surface area contributed by atoms with Crippen LogP contribution in [0.25, 0.3) is 11.3 Å². The summed E-state index contributed by atoms with van der Waals surface area (Å²) in [7, 11) is 0. The van der Waals surface area contributed by atoms with E-state index in [1.807, 2.05) is 39.8 Å². The fraction of sp³-hybridized carbons (Fsp3) is 0.391. The number of thioether (sulfide) groups is 1. The lowest BCUT2D eigenvalue weighted by molar-refractivity contribution is 0.530. The molecule has 0 spiro atoms. The highest BCUT2D eigenvalue weighted by molar-refractivity contribution is 7.99. The average Bonchev–Trinajstić information content (AvgIpc) is 3.49. The molecule has 0 saturated carbocycles. The summed E-state index contributed by atoms with van der Waals surface area (Å²) < 4.78 is 3.72. The van der Waals surface area contributed by atoms with Crippen molar-refractivity contribution in [3.63, 3.8) is 0 Å². The van der Waals surface area contributed by atoms with Crippen LogP contribution in [-0.2, 0) is 6.54 Å². The maximum Gasteiger partial charge on any atom is 0.228 e. The molecular weight excluding hydrogens is 420 g/mol. The topological polar surface area (TPSA) is 85.0 Å². The second-order valence-corrected chi connectivity index (χ2v) is 9.59. The minimum absolute atomic E-state index is 0.340. The quantitative estimate of drug-likeness (QED) is 0.444. The first-order chi connectivity index (χ1) is 15.7. The lowest BCUT2D eigenvalue weighted by Crippen LogP contribution is -2.29. The maximum absolute atomic E-state index is 4.90. The van der Waals surface area contributed by atoms with Gasteiger partial charge in [-0.15, -0.1) is 0 Å². The SMILES string of the molecule is CC(C)c1cnn2c(NCc3ccccc3-n3cccn3)nc(SC3CCNCC3)nc12. The van der Waals surface area contributed by atoms with Gasteiger partial charge in [-0.05, 0) is 49.5 Å². The summed E-state index contributed by atoms with van der Waals surface area (Å²) in [6.07, 6.45) is 7.93. The predicted octanol–water partition coefficient (Wildman–Crippen LogP) is 3.89. The molecule has 1 aliphatic rings. The Labute approximate surface area is 191 Å². The largest absolute Gasteiger partial charge is 0.350 e. The molecule has 32 heavy (non-hydrogen) atoms. The minimum Gasteiger partial charge on any atom is -0.350 e. The molecule has 3 aromatic heterocycles. The highest BCUT2D eigenvalue weighted by Crippen LogP contribution is 2.29. The number of piperidine rings is 1. The summed E-state index contributed by atoms with van der Waals surface area (Å²) in [4.78, 5) is 9.78. The molecule has 0 radical (unpaired) electrons. The summed E-state index contributed by atoms with van der Waals surface area (Å²) in [6.45, 7) is 7.06. The Hall–Kier alpha value is -2.91. The second kappa shape index (κ2) is 9.30. The number of nitrogens with one attached hydrogen (secondary N) is 2. The van der Waals surface area contributed by atoms with Crippen molar-refractivity contribution in [3.05, 3.63) is 60.0 Å². The van der Waals surface area contributed by atoms with E-state index in [9.17, 15) is 0 Å². The molecule has 0 unspecified atom stereocenters. The van der Waals surface area contributed by atoms with Crippen molar-refractivity contribution in [2.75, 3.05) is 18.4 Å². The van der Waals surface area contributed by atoms with E-state index in [-0.39, 0.29) is 0 Å². The van der Waals surface area contributed by atoms with Crippen LogP contribution in [0.15, 0.2) is 54.1 Å². The molecule has 4 aromatic rings. The van der Waals surface area contributed by atoms with Crippen molar-refractivity contribution in [2.24, 2.45) is 0 Å². The molecule has 0 amide bonds. The van der Waals surface area contributed by atoms with Crippen molar-refractivity contribution < 1.29 is 0 Å². The first-order valence-electron chi connectivity index (χ1n) is 11.1. The Morgan fingerprint density at radius 2 is 1.97 bits per heavy atom. The van der Waals surface area contributed by atoms with E-state index in [0.29, 0.717) is 23.7 Å². The molecule has 0 aliphatic carbocycles. The van der Waals surface area contributed by atoms with E-state index in [1.54, 1.807) is 18.0 Å². The van der Waals surface area contributed by atoms with Gasteiger partial charge in [-0.25, -0.2) is 9.67 Å². The van der Waals surface area contributed by atoms with E-state index < -0.39 is 0 Å². The summed E-state index contributed by atoms with van der Waals surface area (Å²) in [6, 6.07) is 10.2. The Balaban J connectivity index is 1.46. The summed E-state index contributed by atoms with van der Waals surface area (Å²) in [5.41, 5.74) is 4.20. The second-order valence-electron chi connectivity index (χ2n) is 8.32. The van der Waals surface area contributed by atoms with Gasteiger partial charge in [0.15, 0.2) is 10.8 Å². The van der Waals surface area contributed by atoms with Gasteiger partial charge >= 0.3 is 0 Å². The molecule has 8 nitrogen and oxygen atoms in total. The van der Waals surface area contributed by atoms with Crippen LogP contribution in [-0.4, -0.2) is 47.7 Å². The van der Waals surface area contributed by atoms with E-state index in [4.69, 9.17) is 9.97 Å². The van der Waals surface area contributed by atoms with Crippen LogP contribution < -0.4 is 10.6 Å². The minimum atomic E-state index is 0.340. The van der Waals surface area contributed by atoms with Gasteiger partial charge in [-0.2, -0.15) is 19.7 Å². The monoisotopic (exact) mass is 448 g/mol. The zero-order valence-corrected chi connectivity index (χ0v) is 19.2. The van der Waals surface area contributed by atoms with Crippen LogP contribution in [0, 0.1) is 0 Å². The van der Waals surface area contributed by atoms with Crippen LogP contribution >= 0.6 is 11.8 Å². The Morgan fingerprint density at radius 3 is 2.75 bits per heavy atom. The van der Waals surface area contributed by atoms with Gasteiger partial charge in [0.05, 0.1) is 11.9 Å². The third kappa shape index (κ3) is 4.35. The normalized spacial score (nSPS) is 15.0. The first kappa shape index (κ1) is 21.0. The molecule has 5 rings (SSSR count). The molecule has 1 aromatic carbocycles. The van der Waals surface area contributed by atoms with Gasteiger partial charge < -0.3 is 10.6 Å². The molecule has 1 aliphatic heterocycles. The van der Waals surface area contributed by atoms with Gasteiger partial charge in [-0.3, -0.25) is 0 Å². The van der Waals surface area contributed by atoms with Crippen molar-refractivity contribution in [3.8, 4) is 5.69 Å². The highest BCUT2D eigenvalue weighted by atomic mass is 32.2. The van der Waals surface area contributed by atoms with E-state index in [2.05, 4.69) is 46.8 Å². The Bertz CT molecular complexity index is 1180. The molecule has 2 N–H and O–H groups in total. The maximum atomic E-state index is 4.90. The fourth-order valence-electron chi connectivity index (χ4n) is 3.98. The zero-order valence-electron chi connectivity index (χ0n) is 18.4. The van der Waals surface area contributed by atoms with Crippen molar-refractivity contribution >= 4 is 23.4 Å². The molecule has 0 bridgehead atoms. The third-order valence-corrected chi connectivity index (χ3v) is 6.93. The fourth-order valence-corrected chi connectivity index (χ4v) is 5.03. The van der Waals surface area contributed by atoms with Crippen molar-refractivity contribution in [1.29, 1.82) is 0 Å². The zero-order chi connectivity index (χ0) is 21.9. The van der Waals surface area contributed by atoms with Crippen LogP contribution in [0.4, 0.5) is 5.95 Å². The number of benzene rings is 1. The van der Waals surface area contributed by atoms with Crippen molar-refractivity contribution in [2.45, 2.75) is 49.6 Å². The molecule has 0 atom stereocenters. The van der Waals surface area contributed by atoms with Gasteiger partial charge in [0.1, 0.15) is 0 Å². The number of hydrogen-bond acceptors (Lipinski definition) is 7. The van der Waals surface area contributed by atoms with Gasteiger partial charge in [0.25, 0.3) is 0 Å². The molecule has 4 heterocycles. The Kier molecular flexibility index (Phi) is 6.09. The smallest absolute Gasteiger partial charge is 0.228 e. The third-order valence-electron chi connectivity index (χ3n) is 5.73. The molecule has 9 heteroatoms. The highest BCUT2D eigenvalue weighted by Gasteiger charge is 2.20. The number of anilines is 1. The lowest BCUT2D eigenvalue weighted by atomic mass is 10.1. The van der Waals surface area contributed by atoms with Crippen LogP contribution in [0.1, 0.15) is 43.7 Å². The van der Waals surface area contributed by atoms with Gasteiger partial charge in [-0.1, -0.05) is 43.8 Å². The van der Waals surface area contributed by atoms with E-state index >= 15 is 0 Å². The number of aromatic nitrogens is 6. The van der Waals surface area contributed by atoms with E-state index in [0.717, 1.165) is 53.5 Å². The molecule has 166 valence electrons. The van der Waals surface area contributed by atoms with Gasteiger partial charge in [0, 0.05) is 29.8 Å². The number of rotatable bonds is 7. The molecular formula is C23H28N8S. The lowest BCUT2D eigenvalue weighted by Gasteiger charge is -2.21. The molecule has 1 fully saturated rings. The standard InChI is InChI=1S/C23H28N8S/c1-16(2)19-15-27-31-21(19)28-23(32-18-8-11-24-12-9-18)29-22(31)25-14-17-6-3-4-7-20(17)30-13-5-10-26-30/h3-7,10,13,15-16,18,24H,8-9,11-12,14H2,1-2H3,(H,25,28,29).